The number of alkyl halides is 2. The van der Waals surface area contributed by atoms with Gasteiger partial charge in [-0.3, -0.25) is 0 Å². The van der Waals surface area contributed by atoms with Gasteiger partial charge >= 0.3 is 6.55 Å². The van der Waals surface area contributed by atoms with Crippen LogP contribution in [0.4, 0.5) is 8.78 Å². The third kappa shape index (κ3) is 2.82. The molecule has 1 aromatic rings. The molecule has 3 nitrogen and oxygen atoms in total. The first kappa shape index (κ1) is 11.6. The van der Waals surface area contributed by atoms with Crippen LogP contribution in [0.1, 0.15) is 31.7 Å². The van der Waals surface area contributed by atoms with Crippen LogP contribution in [-0.4, -0.2) is 9.78 Å². The van der Waals surface area contributed by atoms with Gasteiger partial charge in [0.2, 0.25) is 0 Å². The molecule has 0 fully saturated rings. The highest BCUT2D eigenvalue weighted by Gasteiger charge is 2.09. The number of hydrogen-bond acceptors (Lipinski definition) is 2. The zero-order valence-electron chi connectivity index (χ0n) is 7.75. The lowest BCUT2D eigenvalue weighted by Gasteiger charge is -1.94. The molecule has 0 N–H and O–H groups in total. The Balaban J connectivity index is 0.000000671. The molecule has 5 heteroatoms. The second kappa shape index (κ2) is 5.25. The lowest BCUT2D eigenvalue weighted by Crippen LogP contribution is -1.97. The van der Waals surface area contributed by atoms with Gasteiger partial charge in [-0.15, -0.1) is 0 Å². The lowest BCUT2D eigenvalue weighted by atomic mass is 10.3. The monoisotopic (exact) mass is 187 g/mol. The van der Waals surface area contributed by atoms with E-state index in [1.165, 1.54) is 0 Å². The summed E-state index contributed by atoms with van der Waals surface area (Å²) in [6, 6.07) is 1.71. The van der Waals surface area contributed by atoms with Crippen LogP contribution in [0.25, 0.3) is 0 Å². The van der Waals surface area contributed by atoms with Crippen LogP contribution in [0.2, 0.25) is 0 Å². The Hall–Kier alpha value is -1.44. The zero-order chi connectivity index (χ0) is 10.4. The summed E-state index contributed by atoms with van der Waals surface area (Å²) in [6.45, 7) is 2.89. The highest BCUT2D eigenvalue weighted by atomic mass is 19.3. The third-order valence-electron chi connectivity index (χ3n) is 1.22. The molecule has 0 bridgehead atoms. The summed E-state index contributed by atoms with van der Waals surface area (Å²) in [6.07, 6.45) is 1.14. The highest BCUT2D eigenvalue weighted by Crippen LogP contribution is 2.11. The first-order chi connectivity index (χ1) is 6.15. The standard InChI is InChI=1S/C6H5F2N3.C2H6/c1-4-3-11(6(7)8)10-5(4)2-9;1-2/h3,6H,1H3;1-2H3. The molecule has 1 heterocycles. The SMILES string of the molecule is CC.Cc1cn(C(F)F)nc1C#N. The molecule has 1 aromatic heterocycles. The molecule has 0 radical (unpaired) electrons. The number of halogens is 2. The van der Waals surface area contributed by atoms with Crippen LogP contribution in [0, 0.1) is 18.3 Å². The topological polar surface area (TPSA) is 41.6 Å². The van der Waals surface area contributed by atoms with Gasteiger partial charge in [0.1, 0.15) is 6.07 Å². The molecule has 0 saturated carbocycles. The molecule has 13 heavy (non-hydrogen) atoms. The fourth-order valence-electron chi connectivity index (χ4n) is 0.693. The second-order valence-electron chi connectivity index (χ2n) is 2.03. The summed E-state index contributed by atoms with van der Waals surface area (Å²) in [5.41, 5.74) is 0.512. The molecule has 0 aliphatic heterocycles. The Morgan fingerprint density at radius 3 is 2.31 bits per heavy atom. The van der Waals surface area contributed by atoms with E-state index >= 15 is 0 Å². The van der Waals surface area contributed by atoms with Gasteiger partial charge < -0.3 is 0 Å². The van der Waals surface area contributed by atoms with Crippen molar-refractivity contribution in [3.63, 3.8) is 0 Å². The van der Waals surface area contributed by atoms with Crippen molar-refractivity contribution in [2.24, 2.45) is 0 Å². The van der Waals surface area contributed by atoms with Crippen LogP contribution < -0.4 is 0 Å². The first-order valence-corrected chi connectivity index (χ1v) is 3.89. The van der Waals surface area contributed by atoms with Crippen molar-refractivity contribution in [2.45, 2.75) is 27.3 Å². The Bertz CT molecular complexity index is 299. The molecule has 0 amide bonds. The molecular weight excluding hydrogens is 176 g/mol. The molecule has 1 rings (SSSR count). The van der Waals surface area contributed by atoms with Crippen molar-refractivity contribution in [1.82, 2.24) is 9.78 Å². The maximum atomic E-state index is 11.9. The Morgan fingerprint density at radius 2 is 2.08 bits per heavy atom. The number of rotatable bonds is 1. The number of nitriles is 1. The van der Waals surface area contributed by atoms with E-state index in [1.807, 2.05) is 13.8 Å². The average Bonchev–Trinajstić information content (AvgIpc) is 2.50. The summed E-state index contributed by atoms with van der Waals surface area (Å²) >= 11 is 0. The summed E-state index contributed by atoms with van der Waals surface area (Å²) in [5, 5.41) is 11.7. The first-order valence-electron chi connectivity index (χ1n) is 3.89. The quantitative estimate of drug-likeness (QED) is 0.677. The van der Waals surface area contributed by atoms with Gasteiger partial charge in [0.05, 0.1) is 0 Å². The lowest BCUT2D eigenvalue weighted by molar-refractivity contribution is 0.0564. The van der Waals surface area contributed by atoms with Gasteiger partial charge in [0, 0.05) is 11.8 Å². The van der Waals surface area contributed by atoms with Gasteiger partial charge in [0.25, 0.3) is 0 Å². The van der Waals surface area contributed by atoms with Gasteiger partial charge in [-0.2, -0.15) is 19.1 Å². The van der Waals surface area contributed by atoms with E-state index in [9.17, 15) is 8.78 Å². The van der Waals surface area contributed by atoms with Crippen molar-refractivity contribution in [1.29, 1.82) is 5.26 Å². The van der Waals surface area contributed by atoms with Crippen LogP contribution in [0.15, 0.2) is 6.20 Å². The summed E-state index contributed by atoms with van der Waals surface area (Å²) in [5.74, 6) is 0. The molecule has 0 spiro atoms. The Morgan fingerprint density at radius 1 is 1.54 bits per heavy atom. The maximum Gasteiger partial charge on any atom is 0.333 e. The van der Waals surface area contributed by atoms with Crippen molar-refractivity contribution in [3.8, 4) is 6.07 Å². The average molecular weight is 187 g/mol. The second-order valence-corrected chi connectivity index (χ2v) is 2.03. The predicted octanol–water partition coefficient (Wildman–Crippen LogP) is 2.48. The van der Waals surface area contributed by atoms with E-state index in [2.05, 4.69) is 5.10 Å². The zero-order valence-corrected chi connectivity index (χ0v) is 7.75. The molecule has 0 aliphatic carbocycles. The molecular formula is C8H11F2N3. The highest BCUT2D eigenvalue weighted by molar-refractivity contribution is 5.27. The Kier molecular flexibility index (Phi) is 4.67. The molecule has 0 unspecified atom stereocenters. The summed E-state index contributed by atoms with van der Waals surface area (Å²) in [4.78, 5) is 0. The minimum Gasteiger partial charge on any atom is -0.210 e. The molecule has 0 saturated heterocycles. The van der Waals surface area contributed by atoms with Crippen LogP contribution >= 0.6 is 0 Å². The van der Waals surface area contributed by atoms with Gasteiger partial charge in [-0.05, 0) is 6.92 Å². The van der Waals surface area contributed by atoms with E-state index in [0.29, 0.717) is 10.2 Å². The Labute approximate surface area is 75.6 Å². The largest absolute Gasteiger partial charge is 0.333 e. The number of hydrogen-bond donors (Lipinski definition) is 0. The number of aryl methyl sites for hydroxylation is 1. The van der Waals surface area contributed by atoms with Gasteiger partial charge in [-0.1, -0.05) is 13.8 Å². The molecule has 0 aromatic carbocycles. The van der Waals surface area contributed by atoms with Crippen molar-refractivity contribution >= 4 is 0 Å². The van der Waals surface area contributed by atoms with Crippen molar-refractivity contribution in [3.05, 3.63) is 17.5 Å². The van der Waals surface area contributed by atoms with Crippen molar-refractivity contribution in [2.75, 3.05) is 0 Å². The molecule has 0 aliphatic rings. The van der Waals surface area contributed by atoms with E-state index in [4.69, 9.17) is 5.26 Å². The fourth-order valence-corrected chi connectivity index (χ4v) is 0.693. The third-order valence-corrected chi connectivity index (χ3v) is 1.22. The number of aromatic nitrogens is 2. The van der Waals surface area contributed by atoms with Gasteiger partial charge in [0.15, 0.2) is 5.69 Å². The van der Waals surface area contributed by atoms with Crippen LogP contribution in [0.3, 0.4) is 0 Å². The normalized spacial score (nSPS) is 9.00. The van der Waals surface area contributed by atoms with Crippen molar-refractivity contribution < 1.29 is 8.78 Å². The minimum absolute atomic E-state index is 0.0466. The predicted molar refractivity (Wildman–Crippen MR) is 44.3 cm³/mol. The fraction of sp³-hybridized carbons (Fsp3) is 0.500. The van der Waals surface area contributed by atoms with Gasteiger partial charge in [-0.25, -0.2) is 4.68 Å². The summed E-state index contributed by atoms with van der Waals surface area (Å²) in [7, 11) is 0. The van der Waals surface area contributed by atoms with Crippen LogP contribution in [0.5, 0.6) is 0 Å². The van der Waals surface area contributed by atoms with E-state index in [1.54, 1.807) is 13.0 Å². The summed E-state index contributed by atoms with van der Waals surface area (Å²) < 4.78 is 24.2. The molecule has 72 valence electrons. The molecule has 0 atom stereocenters. The van der Waals surface area contributed by atoms with E-state index in [-0.39, 0.29) is 5.69 Å². The maximum absolute atomic E-state index is 11.9. The van der Waals surface area contributed by atoms with E-state index < -0.39 is 6.55 Å². The number of nitrogens with zero attached hydrogens (tertiary/aromatic N) is 3. The minimum atomic E-state index is -2.67. The van der Waals surface area contributed by atoms with Crippen LogP contribution in [-0.2, 0) is 0 Å². The smallest absolute Gasteiger partial charge is 0.210 e. The van der Waals surface area contributed by atoms with E-state index in [0.717, 1.165) is 6.20 Å².